The fraction of sp³-hybridized carbons (Fsp3) is 0.143. The van der Waals surface area contributed by atoms with Crippen molar-refractivity contribution >= 4 is 11.6 Å². The van der Waals surface area contributed by atoms with Gasteiger partial charge in [-0.15, -0.1) is 0 Å². The maximum atomic E-state index is 9.04. The summed E-state index contributed by atoms with van der Waals surface area (Å²) in [5, 5.41) is 9.59. The molecule has 0 atom stereocenters. The standard InChI is InChI=1S/C14H13ClO2/c15-13-7-6-12(9-16)8-14(13)17-10-11-4-2-1-3-5-11/h1-8,16H,9-10H2. The van der Waals surface area contributed by atoms with E-state index in [9.17, 15) is 0 Å². The highest BCUT2D eigenvalue weighted by Crippen LogP contribution is 2.26. The maximum absolute atomic E-state index is 9.04. The van der Waals surface area contributed by atoms with Crippen LogP contribution in [0.15, 0.2) is 48.5 Å². The summed E-state index contributed by atoms with van der Waals surface area (Å²) in [6.07, 6.45) is 0. The predicted molar refractivity (Wildman–Crippen MR) is 68.1 cm³/mol. The molecule has 0 saturated heterocycles. The molecule has 2 nitrogen and oxygen atoms in total. The van der Waals surface area contributed by atoms with Gasteiger partial charge >= 0.3 is 0 Å². The van der Waals surface area contributed by atoms with E-state index in [1.807, 2.05) is 30.3 Å². The lowest BCUT2D eigenvalue weighted by molar-refractivity contribution is 0.278. The zero-order valence-corrected chi connectivity index (χ0v) is 10.0. The van der Waals surface area contributed by atoms with Crippen molar-refractivity contribution in [2.24, 2.45) is 0 Å². The lowest BCUT2D eigenvalue weighted by atomic mass is 10.2. The van der Waals surface area contributed by atoms with Crippen LogP contribution in [0.4, 0.5) is 0 Å². The molecule has 1 N–H and O–H groups in total. The van der Waals surface area contributed by atoms with E-state index in [0.717, 1.165) is 11.1 Å². The Labute approximate surface area is 105 Å². The van der Waals surface area contributed by atoms with Crippen LogP contribution in [0.1, 0.15) is 11.1 Å². The molecule has 0 amide bonds. The van der Waals surface area contributed by atoms with Crippen LogP contribution in [0.2, 0.25) is 5.02 Å². The molecule has 88 valence electrons. The number of hydrogen-bond donors (Lipinski definition) is 1. The molecule has 0 unspecified atom stereocenters. The second-order valence-electron chi connectivity index (χ2n) is 3.70. The van der Waals surface area contributed by atoms with E-state index in [4.69, 9.17) is 21.4 Å². The first kappa shape index (κ1) is 12.0. The first-order valence-electron chi connectivity index (χ1n) is 5.35. The SMILES string of the molecule is OCc1ccc(Cl)c(OCc2ccccc2)c1. The largest absolute Gasteiger partial charge is 0.487 e. The average Bonchev–Trinajstić information content (AvgIpc) is 2.39. The number of rotatable bonds is 4. The van der Waals surface area contributed by atoms with Crippen molar-refractivity contribution in [1.29, 1.82) is 0 Å². The molecule has 0 spiro atoms. The summed E-state index contributed by atoms with van der Waals surface area (Å²) < 4.78 is 5.62. The summed E-state index contributed by atoms with van der Waals surface area (Å²) in [5.41, 5.74) is 1.87. The third-order valence-electron chi connectivity index (χ3n) is 2.42. The Morgan fingerprint density at radius 2 is 1.76 bits per heavy atom. The van der Waals surface area contributed by atoms with E-state index in [2.05, 4.69) is 0 Å². The van der Waals surface area contributed by atoms with Gasteiger partial charge in [0, 0.05) is 0 Å². The van der Waals surface area contributed by atoms with Gasteiger partial charge in [-0.2, -0.15) is 0 Å². The van der Waals surface area contributed by atoms with Crippen LogP contribution in [-0.2, 0) is 13.2 Å². The van der Waals surface area contributed by atoms with E-state index in [1.54, 1.807) is 18.2 Å². The van der Waals surface area contributed by atoms with Gasteiger partial charge in [0.15, 0.2) is 0 Å². The van der Waals surface area contributed by atoms with E-state index in [0.29, 0.717) is 17.4 Å². The zero-order valence-electron chi connectivity index (χ0n) is 9.27. The second-order valence-corrected chi connectivity index (χ2v) is 4.10. The molecular formula is C14H13ClO2. The predicted octanol–water partition coefficient (Wildman–Crippen LogP) is 3.41. The number of aliphatic hydroxyl groups is 1. The molecule has 0 aliphatic rings. The minimum atomic E-state index is -0.0150. The summed E-state index contributed by atoms with van der Waals surface area (Å²) in [5.74, 6) is 0.599. The number of hydrogen-bond acceptors (Lipinski definition) is 2. The Morgan fingerprint density at radius 3 is 2.47 bits per heavy atom. The van der Waals surface area contributed by atoms with Gasteiger partial charge in [-0.25, -0.2) is 0 Å². The van der Waals surface area contributed by atoms with E-state index in [-0.39, 0.29) is 6.61 Å². The number of aliphatic hydroxyl groups excluding tert-OH is 1. The molecule has 2 aromatic rings. The highest BCUT2D eigenvalue weighted by Gasteiger charge is 2.03. The molecule has 0 saturated carbocycles. The lowest BCUT2D eigenvalue weighted by Crippen LogP contribution is -1.96. The van der Waals surface area contributed by atoms with E-state index >= 15 is 0 Å². The van der Waals surface area contributed by atoms with Gasteiger partial charge in [-0.1, -0.05) is 48.0 Å². The quantitative estimate of drug-likeness (QED) is 0.899. The van der Waals surface area contributed by atoms with Crippen molar-refractivity contribution in [2.75, 3.05) is 0 Å². The van der Waals surface area contributed by atoms with Crippen molar-refractivity contribution < 1.29 is 9.84 Å². The van der Waals surface area contributed by atoms with Crippen molar-refractivity contribution in [3.63, 3.8) is 0 Å². The number of benzene rings is 2. The van der Waals surface area contributed by atoms with Gasteiger partial charge in [0.2, 0.25) is 0 Å². The van der Waals surface area contributed by atoms with Crippen LogP contribution in [0.5, 0.6) is 5.75 Å². The van der Waals surface area contributed by atoms with Crippen LogP contribution in [-0.4, -0.2) is 5.11 Å². The van der Waals surface area contributed by atoms with E-state index in [1.165, 1.54) is 0 Å². The smallest absolute Gasteiger partial charge is 0.138 e. The highest BCUT2D eigenvalue weighted by atomic mass is 35.5. The molecule has 3 heteroatoms. The van der Waals surface area contributed by atoms with Gasteiger partial charge in [-0.05, 0) is 23.3 Å². The third-order valence-corrected chi connectivity index (χ3v) is 2.73. The van der Waals surface area contributed by atoms with Gasteiger partial charge in [0.1, 0.15) is 12.4 Å². The number of halogens is 1. The van der Waals surface area contributed by atoms with Crippen LogP contribution in [0.3, 0.4) is 0 Å². The highest BCUT2D eigenvalue weighted by molar-refractivity contribution is 6.32. The maximum Gasteiger partial charge on any atom is 0.138 e. The average molecular weight is 249 g/mol. The van der Waals surface area contributed by atoms with Crippen molar-refractivity contribution in [3.8, 4) is 5.75 Å². The Kier molecular flexibility index (Phi) is 4.02. The van der Waals surface area contributed by atoms with Gasteiger partial charge in [0.05, 0.1) is 11.6 Å². The first-order valence-corrected chi connectivity index (χ1v) is 5.73. The number of ether oxygens (including phenoxy) is 1. The molecule has 0 aromatic heterocycles. The molecule has 0 heterocycles. The summed E-state index contributed by atoms with van der Waals surface area (Å²) in [6, 6.07) is 15.1. The molecule has 17 heavy (non-hydrogen) atoms. The molecule has 0 fully saturated rings. The molecule has 0 radical (unpaired) electrons. The van der Waals surface area contributed by atoms with Crippen molar-refractivity contribution in [3.05, 3.63) is 64.7 Å². The topological polar surface area (TPSA) is 29.5 Å². The van der Waals surface area contributed by atoms with Crippen molar-refractivity contribution in [2.45, 2.75) is 13.2 Å². The molecule has 0 aliphatic heterocycles. The molecular weight excluding hydrogens is 236 g/mol. The lowest BCUT2D eigenvalue weighted by Gasteiger charge is -2.09. The van der Waals surface area contributed by atoms with Crippen LogP contribution < -0.4 is 4.74 Å². The molecule has 2 aromatic carbocycles. The second kappa shape index (κ2) is 5.71. The molecule has 0 aliphatic carbocycles. The third kappa shape index (κ3) is 3.22. The zero-order chi connectivity index (χ0) is 12.1. The van der Waals surface area contributed by atoms with Crippen LogP contribution in [0.25, 0.3) is 0 Å². The monoisotopic (exact) mass is 248 g/mol. The Hall–Kier alpha value is -1.51. The Balaban J connectivity index is 2.08. The summed E-state index contributed by atoms with van der Waals surface area (Å²) in [6.45, 7) is 0.453. The van der Waals surface area contributed by atoms with Crippen LogP contribution in [0, 0.1) is 0 Å². The van der Waals surface area contributed by atoms with Crippen molar-refractivity contribution in [1.82, 2.24) is 0 Å². The Bertz CT molecular complexity index is 483. The minimum absolute atomic E-state index is 0.0150. The first-order chi connectivity index (χ1) is 8.29. The van der Waals surface area contributed by atoms with Gasteiger partial charge in [0.25, 0.3) is 0 Å². The van der Waals surface area contributed by atoms with Crippen LogP contribution >= 0.6 is 11.6 Å². The molecule has 0 bridgehead atoms. The summed E-state index contributed by atoms with van der Waals surface area (Å²) in [4.78, 5) is 0. The fourth-order valence-corrected chi connectivity index (χ4v) is 1.66. The Morgan fingerprint density at radius 1 is 1.00 bits per heavy atom. The normalized spacial score (nSPS) is 10.2. The molecule has 2 rings (SSSR count). The van der Waals surface area contributed by atoms with E-state index < -0.39 is 0 Å². The van der Waals surface area contributed by atoms with Gasteiger partial charge in [-0.3, -0.25) is 0 Å². The summed E-state index contributed by atoms with van der Waals surface area (Å²) in [7, 11) is 0. The summed E-state index contributed by atoms with van der Waals surface area (Å²) >= 11 is 6.01. The van der Waals surface area contributed by atoms with Gasteiger partial charge < -0.3 is 9.84 Å². The minimum Gasteiger partial charge on any atom is -0.487 e. The fourth-order valence-electron chi connectivity index (χ4n) is 1.49.